The van der Waals surface area contributed by atoms with Crippen LogP contribution < -0.4 is 14.6 Å². The zero-order chi connectivity index (χ0) is 14.3. The van der Waals surface area contributed by atoms with Crippen molar-refractivity contribution < 1.29 is 21.6 Å². The molecule has 1 aromatic rings. The number of anilines is 1. The van der Waals surface area contributed by atoms with Crippen molar-refractivity contribution in [3.8, 4) is 5.75 Å². The molecule has 1 aliphatic carbocycles. The molecule has 0 saturated heterocycles. The third kappa shape index (κ3) is 4.04. The Labute approximate surface area is 111 Å². The number of hydrogen-bond acceptors (Lipinski definition) is 6. The maximum atomic E-state index is 11.2. The van der Waals surface area contributed by atoms with Gasteiger partial charge in [-0.1, -0.05) is 0 Å². The van der Waals surface area contributed by atoms with E-state index in [0.717, 1.165) is 31.4 Å². The van der Waals surface area contributed by atoms with Gasteiger partial charge in [-0.25, -0.2) is 27.0 Å². The fraction of sp³-hybridized carbons (Fsp3) is 0.444. The standard InChI is InChI=1S/C9H13N3O5S2/c1-18(13,14)12-7-4-9(19(10,15)16)11-5-8(7)17-6-2-3-6/h4-6H,2-3H2,1H3,(H,11,12)(H2,10,15,16). The van der Waals surface area contributed by atoms with Gasteiger partial charge in [-0.2, -0.15) is 0 Å². The summed E-state index contributed by atoms with van der Waals surface area (Å²) in [5.41, 5.74) is 0.00780. The summed E-state index contributed by atoms with van der Waals surface area (Å²) in [6.07, 6.45) is 3.85. The number of rotatable bonds is 5. The first-order valence-corrected chi connectivity index (χ1v) is 8.76. The van der Waals surface area contributed by atoms with Gasteiger partial charge in [0.1, 0.15) is 0 Å². The van der Waals surface area contributed by atoms with E-state index in [1.54, 1.807) is 0 Å². The summed E-state index contributed by atoms with van der Waals surface area (Å²) in [5.74, 6) is 0.181. The predicted octanol–water partition coefficient (Wildman–Crippen LogP) is -0.358. The molecule has 0 aliphatic heterocycles. The highest BCUT2D eigenvalue weighted by molar-refractivity contribution is 7.92. The number of pyridine rings is 1. The van der Waals surface area contributed by atoms with Gasteiger partial charge in [0.2, 0.25) is 10.0 Å². The monoisotopic (exact) mass is 307 g/mol. The van der Waals surface area contributed by atoms with E-state index in [1.165, 1.54) is 0 Å². The highest BCUT2D eigenvalue weighted by Gasteiger charge is 2.26. The molecule has 1 saturated carbocycles. The summed E-state index contributed by atoms with van der Waals surface area (Å²) in [4.78, 5) is 3.65. The molecule has 0 aromatic carbocycles. The zero-order valence-corrected chi connectivity index (χ0v) is 11.7. The van der Waals surface area contributed by atoms with Gasteiger partial charge in [-0.05, 0) is 12.8 Å². The lowest BCUT2D eigenvalue weighted by atomic mass is 10.4. The molecule has 0 spiro atoms. The first-order chi connectivity index (χ1) is 8.65. The van der Waals surface area contributed by atoms with Gasteiger partial charge in [0.05, 0.1) is 24.2 Å². The summed E-state index contributed by atoms with van der Waals surface area (Å²) in [7, 11) is -7.58. The van der Waals surface area contributed by atoms with Crippen LogP contribution in [-0.2, 0) is 20.0 Å². The normalized spacial score (nSPS) is 16.1. The molecule has 19 heavy (non-hydrogen) atoms. The molecule has 1 aliphatic rings. The molecule has 0 radical (unpaired) electrons. The number of nitrogens with one attached hydrogen (secondary N) is 1. The van der Waals surface area contributed by atoms with Gasteiger partial charge in [0, 0.05) is 6.07 Å². The lowest BCUT2D eigenvalue weighted by Crippen LogP contribution is -2.16. The Bertz CT molecular complexity index is 695. The highest BCUT2D eigenvalue weighted by atomic mass is 32.2. The first-order valence-electron chi connectivity index (χ1n) is 5.32. The van der Waals surface area contributed by atoms with Crippen LogP contribution in [0.4, 0.5) is 5.69 Å². The van der Waals surface area contributed by atoms with Crippen LogP contribution in [0.3, 0.4) is 0 Å². The molecular formula is C9H13N3O5S2. The topological polar surface area (TPSA) is 128 Å². The van der Waals surface area contributed by atoms with Crippen molar-refractivity contribution in [3.63, 3.8) is 0 Å². The van der Waals surface area contributed by atoms with E-state index in [0.29, 0.717) is 0 Å². The van der Waals surface area contributed by atoms with E-state index in [1.807, 2.05) is 0 Å². The van der Waals surface area contributed by atoms with Gasteiger partial charge in [0.25, 0.3) is 10.0 Å². The fourth-order valence-corrected chi connectivity index (χ4v) is 2.36. The Morgan fingerprint density at radius 2 is 2.00 bits per heavy atom. The second-order valence-corrected chi connectivity index (χ2v) is 7.51. The van der Waals surface area contributed by atoms with E-state index < -0.39 is 25.1 Å². The van der Waals surface area contributed by atoms with Crippen molar-refractivity contribution in [2.75, 3.05) is 11.0 Å². The summed E-state index contributed by atoms with van der Waals surface area (Å²) in [6, 6.07) is 1.04. The van der Waals surface area contributed by atoms with Crippen molar-refractivity contribution in [2.45, 2.75) is 24.0 Å². The molecule has 106 valence electrons. The SMILES string of the molecule is CS(=O)(=O)Nc1cc(S(N)(=O)=O)ncc1OC1CC1. The molecule has 0 atom stereocenters. The molecular weight excluding hydrogens is 294 g/mol. The van der Waals surface area contributed by atoms with Crippen molar-refractivity contribution in [2.24, 2.45) is 5.14 Å². The van der Waals surface area contributed by atoms with E-state index in [4.69, 9.17) is 9.88 Å². The Hall–Kier alpha value is -1.39. The van der Waals surface area contributed by atoms with Crippen LogP contribution in [0.2, 0.25) is 0 Å². The van der Waals surface area contributed by atoms with E-state index in [9.17, 15) is 16.8 Å². The van der Waals surface area contributed by atoms with Crippen LogP contribution in [0.1, 0.15) is 12.8 Å². The van der Waals surface area contributed by atoms with Gasteiger partial charge in [0.15, 0.2) is 10.8 Å². The van der Waals surface area contributed by atoms with Gasteiger partial charge in [-0.3, -0.25) is 4.72 Å². The second kappa shape index (κ2) is 4.62. The van der Waals surface area contributed by atoms with Gasteiger partial charge in [-0.15, -0.1) is 0 Å². The Morgan fingerprint density at radius 1 is 1.37 bits per heavy atom. The van der Waals surface area contributed by atoms with Crippen molar-refractivity contribution >= 4 is 25.7 Å². The molecule has 10 heteroatoms. The van der Waals surface area contributed by atoms with Crippen LogP contribution >= 0.6 is 0 Å². The minimum atomic E-state index is -4.01. The molecule has 0 amide bonds. The van der Waals surface area contributed by atoms with E-state index in [-0.39, 0.29) is 17.5 Å². The van der Waals surface area contributed by atoms with Crippen molar-refractivity contribution in [1.29, 1.82) is 0 Å². The van der Waals surface area contributed by atoms with Crippen molar-refractivity contribution in [1.82, 2.24) is 4.98 Å². The second-order valence-electron chi connectivity index (χ2n) is 4.26. The van der Waals surface area contributed by atoms with Crippen LogP contribution in [0, 0.1) is 0 Å². The number of nitrogens with zero attached hydrogens (tertiary/aromatic N) is 1. The lowest BCUT2D eigenvalue weighted by molar-refractivity contribution is 0.303. The average molecular weight is 307 g/mol. The predicted molar refractivity (Wildman–Crippen MR) is 67.7 cm³/mol. The van der Waals surface area contributed by atoms with Crippen LogP contribution in [0.5, 0.6) is 5.75 Å². The summed E-state index contributed by atoms with van der Waals surface area (Å²) >= 11 is 0. The molecule has 1 fully saturated rings. The smallest absolute Gasteiger partial charge is 0.255 e. The molecule has 2 rings (SSSR count). The average Bonchev–Trinajstić information content (AvgIpc) is 3.00. The Balaban J connectivity index is 2.42. The van der Waals surface area contributed by atoms with Crippen LogP contribution in [-0.4, -0.2) is 34.2 Å². The highest BCUT2D eigenvalue weighted by Crippen LogP contribution is 2.32. The summed E-state index contributed by atoms with van der Waals surface area (Å²) < 4.78 is 52.5. The molecule has 1 heterocycles. The summed E-state index contributed by atoms with van der Waals surface area (Å²) in [5, 5.41) is 4.52. The van der Waals surface area contributed by atoms with Gasteiger partial charge < -0.3 is 4.74 Å². The number of nitrogens with two attached hydrogens (primary N) is 1. The third-order valence-electron chi connectivity index (χ3n) is 2.25. The van der Waals surface area contributed by atoms with Crippen LogP contribution in [0.15, 0.2) is 17.3 Å². The molecule has 3 N–H and O–H groups in total. The largest absolute Gasteiger partial charge is 0.487 e. The quantitative estimate of drug-likeness (QED) is 0.764. The van der Waals surface area contributed by atoms with Crippen molar-refractivity contribution in [3.05, 3.63) is 12.3 Å². The Kier molecular flexibility index (Phi) is 3.41. The molecule has 8 nitrogen and oxygen atoms in total. The van der Waals surface area contributed by atoms with E-state index >= 15 is 0 Å². The zero-order valence-electron chi connectivity index (χ0n) is 10.0. The third-order valence-corrected chi connectivity index (χ3v) is 3.64. The number of primary sulfonamides is 1. The van der Waals surface area contributed by atoms with Crippen LogP contribution in [0.25, 0.3) is 0 Å². The first kappa shape index (κ1) is 14.0. The maximum absolute atomic E-state index is 11.2. The molecule has 0 unspecified atom stereocenters. The molecule has 0 bridgehead atoms. The number of aromatic nitrogens is 1. The fourth-order valence-electron chi connectivity index (χ4n) is 1.32. The minimum Gasteiger partial charge on any atom is -0.487 e. The molecule has 1 aromatic heterocycles. The Morgan fingerprint density at radius 3 is 2.47 bits per heavy atom. The lowest BCUT2D eigenvalue weighted by Gasteiger charge is -2.12. The number of sulfonamides is 2. The number of hydrogen-bond donors (Lipinski definition) is 2. The maximum Gasteiger partial charge on any atom is 0.255 e. The van der Waals surface area contributed by atoms with Gasteiger partial charge >= 0.3 is 0 Å². The number of ether oxygens (including phenoxy) is 1. The minimum absolute atomic E-state index is 0.00780. The summed E-state index contributed by atoms with van der Waals surface area (Å²) in [6.45, 7) is 0. The van der Waals surface area contributed by atoms with E-state index in [2.05, 4.69) is 9.71 Å².